The number of carbonyl (C=O) groups is 2. The van der Waals surface area contributed by atoms with Gasteiger partial charge in [0.1, 0.15) is 5.01 Å². The molecule has 1 heterocycles. The molecule has 3 rings (SSSR count). The summed E-state index contributed by atoms with van der Waals surface area (Å²) in [5.41, 5.74) is 3.79. The monoisotopic (exact) mass is 424 g/mol. The maximum absolute atomic E-state index is 12.7. The van der Waals surface area contributed by atoms with Crippen LogP contribution < -0.4 is 5.32 Å². The van der Waals surface area contributed by atoms with Crippen LogP contribution in [0.3, 0.4) is 0 Å². The lowest BCUT2D eigenvalue weighted by Crippen LogP contribution is -2.41. The van der Waals surface area contributed by atoms with Crippen molar-refractivity contribution in [3.8, 4) is 0 Å². The molecule has 1 N–H and O–H groups in total. The fourth-order valence-electron chi connectivity index (χ4n) is 3.22. The van der Waals surface area contributed by atoms with Gasteiger partial charge in [-0.2, -0.15) is 0 Å². The van der Waals surface area contributed by atoms with Gasteiger partial charge in [0, 0.05) is 12.7 Å². The fraction of sp³-hybridized carbons (Fsp3) is 0.348. The molecule has 0 aliphatic carbocycles. The maximum atomic E-state index is 12.7. The minimum absolute atomic E-state index is 0.00296. The zero-order valence-corrected chi connectivity index (χ0v) is 18.9. The van der Waals surface area contributed by atoms with E-state index in [1.807, 2.05) is 69.1 Å². The van der Waals surface area contributed by atoms with Crippen LogP contribution in [0.5, 0.6) is 0 Å². The molecule has 0 aliphatic heterocycles. The average Bonchev–Trinajstić information content (AvgIpc) is 3.14. The van der Waals surface area contributed by atoms with Gasteiger partial charge in [0.2, 0.25) is 11.8 Å². The first-order valence-corrected chi connectivity index (χ1v) is 10.7. The third-order valence-corrected chi connectivity index (χ3v) is 6.47. The summed E-state index contributed by atoms with van der Waals surface area (Å²) in [7, 11) is 3.56. The van der Waals surface area contributed by atoms with E-state index in [2.05, 4.69) is 16.4 Å². The van der Waals surface area contributed by atoms with E-state index in [0.29, 0.717) is 0 Å². The molecular weight excluding hydrogens is 396 g/mol. The Hall–Kier alpha value is -2.77. The minimum Gasteiger partial charge on any atom is -0.335 e. The van der Waals surface area contributed by atoms with Crippen LogP contribution in [0.1, 0.15) is 29.1 Å². The first kappa shape index (κ1) is 21.9. The van der Waals surface area contributed by atoms with Gasteiger partial charge < -0.3 is 10.2 Å². The minimum atomic E-state index is -0.204. The van der Waals surface area contributed by atoms with E-state index in [9.17, 15) is 9.59 Å². The lowest BCUT2D eigenvalue weighted by Gasteiger charge is -2.25. The molecule has 3 aromatic rings. The average molecular weight is 425 g/mol. The molecule has 0 aliphatic rings. The third kappa shape index (κ3) is 5.04. The molecule has 0 fully saturated rings. The zero-order chi connectivity index (χ0) is 21.8. The van der Waals surface area contributed by atoms with Crippen LogP contribution in [0.25, 0.3) is 10.2 Å². The van der Waals surface area contributed by atoms with Gasteiger partial charge in [0.15, 0.2) is 0 Å². The van der Waals surface area contributed by atoms with Gasteiger partial charge >= 0.3 is 0 Å². The molecule has 2 amide bonds. The van der Waals surface area contributed by atoms with E-state index in [0.717, 1.165) is 32.0 Å². The predicted molar refractivity (Wildman–Crippen MR) is 123 cm³/mol. The Morgan fingerprint density at radius 3 is 2.37 bits per heavy atom. The molecule has 0 saturated heterocycles. The highest BCUT2D eigenvalue weighted by molar-refractivity contribution is 7.18. The van der Waals surface area contributed by atoms with Gasteiger partial charge in [-0.25, -0.2) is 4.98 Å². The first-order valence-electron chi connectivity index (χ1n) is 9.92. The van der Waals surface area contributed by atoms with Crippen LogP contribution >= 0.6 is 11.3 Å². The third-order valence-electron chi connectivity index (χ3n) is 5.27. The molecule has 0 radical (unpaired) electrons. The van der Waals surface area contributed by atoms with E-state index in [-0.39, 0.29) is 30.9 Å². The number of carbonyl (C=O) groups excluding carboxylic acids is 2. The summed E-state index contributed by atoms with van der Waals surface area (Å²) < 4.78 is 1.14. The van der Waals surface area contributed by atoms with Crippen molar-refractivity contribution < 1.29 is 9.59 Å². The van der Waals surface area contributed by atoms with Crippen LogP contribution in [0, 0.1) is 13.8 Å². The molecular formula is C23H28N4O2S. The lowest BCUT2D eigenvalue weighted by molar-refractivity contribution is -0.134. The number of anilines is 1. The topological polar surface area (TPSA) is 65.5 Å². The molecule has 1 aromatic heterocycles. The first-order chi connectivity index (χ1) is 14.3. The maximum Gasteiger partial charge on any atom is 0.243 e. The highest BCUT2D eigenvalue weighted by atomic mass is 32.1. The molecule has 0 spiro atoms. The van der Waals surface area contributed by atoms with Crippen LogP contribution in [-0.4, -0.2) is 53.8 Å². The number of amides is 2. The quantitative estimate of drug-likeness (QED) is 0.623. The second kappa shape index (κ2) is 9.36. The molecule has 6 nitrogen and oxygen atoms in total. The van der Waals surface area contributed by atoms with Crippen molar-refractivity contribution in [2.75, 3.05) is 32.5 Å². The highest BCUT2D eigenvalue weighted by Crippen LogP contribution is 2.28. The summed E-state index contributed by atoms with van der Waals surface area (Å²) in [5.74, 6) is -0.313. The van der Waals surface area contributed by atoms with Crippen molar-refractivity contribution in [2.45, 2.75) is 26.8 Å². The zero-order valence-electron chi connectivity index (χ0n) is 18.1. The number of benzene rings is 2. The molecule has 158 valence electrons. The number of thiazole rings is 1. The molecule has 7 heteroatoms. The molecule has 0 saturated carbocycles. The number of aromatic nitrogens is 1. The summed E-state index contributed by atoms with van der Waals surface area (Å²) >= 11 is 1.64. The van der Waals surface area contributed by atoms with Gasteiger partial charge in [0.05, 0.1) is 29.3 Å². The summed E-state index contributed by atoms with van der Waals surface area (Å²) in [6.45, 7) is 6.17. The van der Waals surface area contributed by atoms with Crippen LogP contribution in [-0.2, 0) is 9.59 Å². The van der Waals surface area contributed by atoms with Crippen molar-refractivity contribution in [3.63, 3.8) is 0 Å². The Morgan fingerprint density at radius 1 is 1.03 bits per heavy atom. The lowest BCUT2D eigenvalue weighted by atomic mass is 10.1. The van der Waals surface area contributed by atoms with E-state index < -0.39 is 0 Å². The normalized spacial score (nSPS) is 12.2. The number of aryl methyl sites for hydroxylation is 2. The van der Waals surface area contributed by atoms with E-state index in [4.69, 9.17) is 0 Å². The number of nitrogens with zero attached hydrogens (tertiary/aromatic N) is 3. The predicted octanol–water partition coefficient (Wildman–Crippen LogP) is 4.00. The van der Waals surface area contributed by atoms with Crippen molar-refractivity contribution >= 4 is 39.1 Å². The largest absolute Gasteiger partial charge is 0.335 e. The van der Waals surface area contributed by atoms with Crippen molar-refractivity contribution in [3.05, 3.63) is 58.6 Å². The standard InChI is InChI=1S/C23H28N4O2S/c1-15-9-8-10-16(2)22(15)25-20(28)13-27(5)21(29)14-26(4)17(3)23-24-18-11-6-7-12-19(18)30-23/h6-12,17H,13-14H2,1-5H3,(H,25,28)/t17-/m0/s1. The summed E-state index contributed by atoms with van der Waals surface area (Å²) in [4.78, 5) is 33.2. The van der Waals surface area contributed by atoms with Gasteiger partial charge in [0.25, 0.3) is 0 Å². The summed E-state index contributed by atoms with van der Waals surface area (Å²) in [6, 6.07) is 13.9. The van der Waals surface area contributed by atoms with E-state index in [1.165, 1.54) is 4.90 Å². The van der Waals surface area contributed by atoms with Crippen LogP contribution in [0.2, 0.25) is 0 Å². The van der Waals surface area contributed by atoms with E-state index >= 15 is 0 Å². The number of hydrogen-bond donors (Lipinski definition) is 1. The van der Waals surface area contributed by atoms with Gasteiger partial charge in [-0.05, 0) is 51.1 Å². The SMILES string of the molecule is Cc1cccc(C)c1NC(=O)CN(C)C(=O)CN(C)[C@@H](C)c1nc2ccccc2s1. The number of rotatable bonds is 7. The molecule has 2 aromatic carbocycles. The number of nitrogens with one attached hydrogen (secondary N) is 1. The van der Waals surface area contributed by atoms with Crippen molar-refractivity contribution in [1.82, 2.24) is 14.8 Å². The van der Waals surface area contributed by atoms with Gasteiger partial charge in [-0.3, -0.25) is 14.5 Å². The molecule has 30 heavy (non-hydrogen) atoms. The number of fused-ring (bicyclic) bond motifs is 1. The Morgan fingerprint density at radius 2 is 1.70 bits per heavy atom. The Balaban J connectivity index is 1.57. The second-order valence-corrected chi connectivity index (χ2v) is 8.74. The van der Waals surface area contributed by atoms with Gasteiger partial charge in [-0.15, -0.1) is 11.3 Å². The van der Waals surface area contributed by atoms with Gasteiger partial charge in [-0.1, -0.05) is 30.3 Å². The second-order valence-electron chi connectivity index (χ2n) is 7.68. The number of para-hydroxylation sites is 2. The van der Waals surface area contributed by atoms with Crippen LogP contribution in [0.4, 0.5) is 5.69 Å². The van der Waals surface area contributed by atoms with Crippen LogP contribution in [0.15, 0.2) is 42.5 Å². The number of likely N-dealkylation sites (N-methyl/N-ethyl adjacent to an activating group) is 2. The Bertz CT molecular complexity index is 1010. The smallest absolute Gasteiger partial charge is 0.243 e. The summed E-state index contributed by atoms with van der Waals surface area (Å²) in [6.07, 6.45) is 0. The Labute approximate surface area is 181 Å². The summed E-state index contributed by atoms with van der Waals surface area (Å²) in [5, 5.41) is 3.90. The highest BCUT2D eigenvalue weighted by Gasteiger charge is 2.21. The Kier molecular flexibility index (Phi) is 6.84. The van der Waals surface area contributed by atoms with Crippen molar-refractivity contribution in [2.24, 2.45) is 0 Å². The van der Waals surface area contributed by atoms with E-state index in [1.54, 1.807) is 18.4 Å². The molecule has 1 atom stereocenters. The fourth-order valence-corrected chi connectivity index (χ4v) is 4.31. The molecule has 0 unspecified atom stereocenters. The molecule has 0 bridgehead atoms. The number of hydrogen-bond acceptors (Lipinski definition) is 5. The van der Waals surface area contributed by atoms with Crippen molar-refractivity contribution in [1.29, 1.82) is 0 Å².